The highest BCUT2D eigenvalue weighted by atomic mass is 79.9. The van der Waals surface area contributed by atoms with Gasteiger partial charge in [-0.2, -0.15) is 0 Å². The van der Waals surface area contributed by atoms with Gasteiger partial charge in [-0.25, -0.2) is 0 Å². The largest absolute Gasteiger partial charge is 0.489 e. The SMILES string of the molecule is Clc1cc(Cl)c(OCCNc2ccccc2Br)c(Cl)c1. The molecule has 0 radical (unpaired) electrons. The molecule has 0 aliphatic heterocycles. The van der Waals surface area contributed by atoms with Crippen molar-refractivity contribution in [2.45, 2.75) is 0 Å². The molecule has 2 nitrogen and oxygen atoms in total. The second-order valence-corrected chi connectivity index (χ2v) is 6.06. The number of halogens is 4. The molecule has 2 rings (SSSR count). The van der Waals surface area contributed by atoms with Gasteiger partial charge in [0.2, 0.25) is 0 Å². The smallest absolute Gasteiger partial charge is 0.156 e. The number of anilines is 1. The maximum Gasteiger partial charge on any atom is 0.156 e. The number of benzene rings is 2. The van der Waals surface area contributed by atoms with Crippen molar-refractivity contribution < 1.29 is 4.74 Å². The van der Waals surface area contributed by atoms with Crippen LogP contribution in [0.3, 0.4) is 0 Å². The minimum absolute atomic E-state index is 0.406. The molecule has 20 heavy (non-hydrogen) atoms. The summed E-state index contributed by atoms with van der Waals surface area (Å²) < 4.78 is 6.59. The van der Waals surface area contributed by atoms with Crippen LogP contribution in [0.25, 0.3) is 0 Å². The molecular formula is C14H11BrCl3NO. The Bertz CT molecular complexity index is 584. The zero-order valence-electron chi connectivity index (χ0n) is 10.3. The first-order valence-electron chi connectivity index (χ1n) is 5.83. The van der Waals surface area contributed by atoms with Crippen molar-refractivity contribution in [1.82, 2.24) is 0 Å². The van der Waals surface area contributed by atoms with Crippen LogP contribution in [-0.2, 0) is 0 Å². The quantitative estimate of drug-likeness (QED) is 0.637. The highest BCUT2D eigenvalue weighted by Crippen LogP contribution is 2.35. The Hall–Kier alpha value is -0.610. The van der Waals surface area contributed by atoms with Crippen molar-refractivity contribution in [3.8, 4) is 5.75 Å². The van der Waals surface area contributed by atoms with Crippen molar-refractivity contribution in [2.24, 2.45) is 0 Å². The van der Waals surface area contributed by atoms with Crippen LogP contribution in [0.2, 0.25) is 15.1 Å². The third kappa shape index (κ3) is 4.19. The first kappa shape index (κ1) is 15.8. The number of hydrogen-bond donors (Lipinski definition) is 1. The van der Waals surface area contributed by atoms with Crippen LogP contribution in [-0.4, -0.2) is 13.2 Å². The van der Waals surface area contributed by atoms with E-state index in [0.717, 1.165) is 10.2 Å². The lowest BCUT2D eigenvalue weighted by Gasteiger charge is -2.12. The fraction of sp³-hybridized carbons (Fsp3) is 0.143. The third-order valence-electron chi connectivity index (χ3n) is 2.50. The van der Waals surface area contributed by atoms with Crippen LogP contribution in [0.1, 0.15) is 0 Å². The molecule has 6 heteroatoms. The Labute approximate surface area is 141 Å². The number of hydrogen-bond acceptors (Lipinski definition) is 2. The molecule has 0 spiro atoms. The van der Waals surface area contributed by atoms with E-state index in [2.05, 4.69) is 21.2 Å². The average molecular weight is 396 g/mol. The molecule has 0 atom stereocenters. The van der Waals surface area contributed by atoms with Crippen LogP contribution in [0, 0.1) is 0 Å². The molecule has 0 aliphatic carbocycles. The molecule has 0 heterocycles. The number of ether oxygens (including phenoxy) is 1. The summed E-state index contributed by atoms with van der Waals surface area (Å²) >= 11 is 21.4. The molecule has 106 valence electrons. The number of para-hydroxylation sites is 1. The van der Waals surface area contributed by atoms with Crippen molar-refractivity contribution >= 4 is 56.4 Å². The Balaban J connectivity index is 1.90. The van der Waals surface area contributed by atoms with E-state index >= 15 is 0 Å². The Kier molecular flexibility index (Phi) is 5.85. The summed E-state index contributed by atoms with van der Waals surface area (Å²) in [5.74, 6) is 0.451. The molecule has 0 saturated carbocycles. The van der Waals surface area contributed by atoms with Gasteiger partial charge in [0.25, 0.3) is 0 Å². The van der Waals surface area contributed by atoms with Crippen molar-refractivity contribution in [2.75, 3.05) is 18.5 Å². The zero-order valence-corrected chi connectivity index (χ0v) is 14.2. The molecule has 0 aromatic heterocycles. The first-order valence-corrected chi connectivity index (χ1v) is 7.76. The standard InChI is InChI=1S/C14H11BrCl3NO/c15-10-3-1-2-4-13(10)19-5-6-20-14-11(17)7-9(16)8-12(14)18/h1-4,7-8,19H,5-6H2. The predicted octanol–water partition coefficient (Wildman–Crippen LogP) is 5.90. The fourth-order valence-corrected chi connectivity index (χ4v) is 2.96. The number of nitrogens with one attached hydrogen (secondary N) is 1. The van der Waals surface area contributed by atoms with Gasteiger partial charge in [-0.05, 0) is 40.2 Å². The maximum atomic E-state index is 6.03. The maximum absolute atomic E-state index is 6.03. The minimum atomic E-state index is 0.406. The van der Waals surface area contributed by atoms with E-state index in [1.165, 1.54) is 0 Å². The van der Waals surface area contributed by atoms with Gasteiger partial charge in [-0.1, -0.05) is 46.9 Å². The van der Waals surface area contributed by atoms with E-state index in [1.54, 1.807) is 12.1 Å². The second-order valence-electron chi connectivity index (χ2n) is 3.95. The Morgan fingerprint density at radius 2 is 1.70 bits per heavy atom. The van der Waals surface area contributed by atoms with Crippen LogP contribution < -0.4 is 10.1 Å². The van der Waals surface area contributed by atoms with E-state index in [4.69, 9.17) is 39.5 Å². The number of rotatable bonds is 5. The topological polar surface area (TPSA) is 21.3 Å². The molecule has 1 N–H and O–H groups in total. The summed E-state index contributed by atoms with van der Waals surface area (Å²) in [5.41, 5.74) is 1.00. The summed E-state index contributed by atoms with van der Waals surface area (Å²) in [5, 5.41) is 4.55. The van der Waals surface area contributed by atoms with Crippen molar-refractivity contribution in [3.63, 3.8) is 0 Å². The molecule has 0 bridgehead atoms. The van der Waals surface area contributed by atoms with E-state index in [9.17, 15) is 0 Å². The van der Waals surface area contributed by atoms with Crippen LogP contribution in [0.5, 0.6) is 5.75 Å². The van der Waals surface area contributed by atoms with Gasteiger partial charge in [0.05, 0.1) is 10.0 Å². The van der Waals surface area contributed by atoms with Crippen LogP contribution in [0.15, 0.2) is 40.9 Å². The van der Waals surface area contributed by atoms with Gasteiger partial charge >= 0.3 is 0 Å². The van der Waals surface area contributed by atoms with E-state index in [-0.39, 0.29) is 0 Å². The molecule has 2 aromatic rings. The molecule has 0 amide bonds. The third-order valence-corrected chi connectivity index (χ3v) is 3.97. The Morgan fingerprint density at radius 1 is 1.05 bits per heavy atom. The molecule has 2 aromatic carbocycles. The van der Waals surface area contributed by atoms with Gasteiger partial charge in [-0.15, -0.1) is 0 Å². The van der Waals surface area contributed by atoms with Crippen molar-refractivity contribution in [1.29, 1.82) is 0 Å². The molecule has 0 aliphatic rings. The predicted molar refractivity (Wildman–Crippen MR) is 89.6 cm³/mol. The average Bonchev–Trinajstić information content (AvgIpc) is 2.38. The van der Waals surface area contributed by atoms with E-state index in [1.807, 2.05) is 24.3 Å². The van der Waals surface area contributed by atoms with E-state index < -0.39 is 0 Å². The first-order chi connectivity index (χ1) is 9.58. The van der Waals surface area contributed by atoms with Crippen molar-refractivity contribution in [3.05, 3.63) is 55.9 Å². The minimum Gasteiger partial charge on any atom is -0.489 e. The summed E-state index contributed by atoms with van der Waals surface area (Å²) in [6.45, 7) is 1.06. The summed E-state index contributed by atoms with van der Waals surface area (Å²) in [4.78, 5) is 0. The monoisotopic (exact) mass is 393 g/mol. The summed E-state index contributed by atoms with van der Waals surface area (Å²) in [6.07, 6.45) is 0. The lowest BCUT2D eigenvalue weighted by atomic mass is 10.3. The van der Waals surface area contributed by atoms with Gasteiger partial charge in [-0.3, -0.25) is 0 Å². The molecule has 0 fully saturated rings. The second kappa shape index (κ2) is 7.41. The lowest BCUT2D eigenvalue weighted by Crippen LogP contribution is -2.12. The highest BCUT2D eigenvalue weighted by Gasteiger charge is 2.09. The van der Waals surface area contributed by atoms with Crippen LogP contribution >= 0.6 is 50.7 Å². The highest BCUT2D eigenvalue weighted by molar-refractivity contribution is 9.10. The van der Waals surface area contributed by atoms with Gasteiger partial charge < -0.3 is 10.1 Å². The molecule has 0 unspecified atom stereocenters. The normalized spacial score (nSPS) is 10.4. The van der Waals surface area contributed by atoms with Crippen LogP contribution in [0.4, 0.5) is 5.69 Å². The molecular weight excluding hydrogens is 384 g/mol. The summed E-state index contributed by atoms with van der Waals surface area (Å²) in [7, 11) is 0. The van der Waals surface area contributed by atoms with Gasteiger partial charge in [0.15, 0.2) is 5.75 Å². The summed E-state index contributed by atoms with van der Waals surface area (Å²) in [6, 6.07) is 11.1. The molecule has 0 saturated heterocycles. The van der Waals surface area contributed by atoms with Gasteiger partial charge in [0, 0.05) is 21.7 Å². The van der Waals surface area contributed by atoms with E-state index in [0.29, 0.717) is 34.0 Å². The Morgan fingerprint density at radius 3 is 2.35 bits per heavy atom. The fourth-order valence-electron chi connectivity index (χ4n) is 1.61. The zero-order chi connectivity index (χ0) is 14.5. The van der Waals surface area contributed by atoms with Gasteiger partial charge in [0.1, 0.15) is 6.61 Å². The lowest BCUT2D eigenvalue weighted by molar-refractivity contribution is 0.333.